The van der Waals surface area contributed by atoms with Crippen LogP contribution in [0.3, 0.4) is 0 Å². The monoisotopic (exact) mass is 346 g/mol. The minimum atomic E-state index is -0.940. The van der Waals surface area contributed by atoms with E-state index < -0.39 is 5.60 Å². The maximum atomic E-state index is 11.2. The summed E-state index contributed by atoms with van der Waals surface area (Å²) in [6, 6.07) is 14.6. The highest BCUT2D eigenvalue weighted by Gasteiger charge is 2.44. The molecule has 1 heterocycles. The van der Waals surface area contributed by atoms with Crippen molar-refractivity contribution in [2.75, 3.05) is 11.4 Å². The van der Waals surface area contributed by atoms with Gasteiger partial charge in [-0.25, -0.2) is 0 Å². The summed E-state index contributed by atoms with van der Waals surface area (Å²) < 4.78 is 0. The Labute approximate surface area is 145 Å². The van der Waals surface area contributed by atoms with Crippen LogP contribution < -0.4 is 4.90 Å². The van der Waals surface area contributed by atoms with E-state index >= 15 is 0 Å². The summed E-state index contributed by atoms with van der Waals surface area (Å²) in [5.74, 6) is 0. The molecule has 0 aromatic heterocycles. The van der Waals surface area contributed by atoms with Gasteiger partial charge in [-0.2, -0.15) is 5.26 Å². The fourth-order valence-corrected chi connectivity index (χ4v) is 3.54. The average molecular weight is 347 g/mol. The highest BCUT2D eigenvalue weighted by molar-refractivity contribution is 6.32. The van der Waals surface area contributed by atoms with E-state index in [4.69, 9.17) is 28.5 Å². The van der Waals surface area contributed by atoms with Crippen molar-refractivity contribution in [1.82, 2.24) is 0 Å². The van der Waals surface area contributed by atoms with Gasteiger partial charge >= 0.3 is 0 Å². The molecule has 2 aromatic carbocycles. The van der Waals surface area contributed by atoms with Crippen molar-refractivity contribution in [3.8, 4) is 6.07 Å². The maximum Gasteiger partial charge on any atom is 0.111 e. The van der Waals surface area contributed by atoms with E-state index in [1.54, 1.807) is 24.3 Å². The number of anilines is 1. The third kappa shape index (κ3) is 2.79. The van der Waals surface area contributed by atoms with Gasteiger partial charge in [0.15, 0.2) is 0 Å². The minimum absolute atomic E-state index is 0.118. The second-order valence-electron chi connectivity index (χ2n) is 5.83. The Kier molecular flexibility index (Phi) is 4.25. The fraction of sp³-hybridized carbons (Fsp3) is 0.278. The molecule has 0 bridgehead atoms. The van der Waals surface area contributed by atoms with Crippen LogP contribution >= 0.6 is 23.2 Å². The van der Waals surface area contributed by atoms with E-state index in [0.29, 0.717) is 28.6 Å². The Hall–Kier alpha value is -1.73. The highest BCUT2D eigenvalue weighted by atomic mass is 35.5. The quantitative estimate of drug-likeness (QED) is 0.879. The van der Waals surface area contributed by atoms with Crippen molar-refractivity contribution in [3.63, 3.8) is 0 Å². The second-order valence-corrected chi connectivity index (χ2v) is 6.67. The zero-order valence-corrected chi connectivity index (χ0v) is 14.1. The van der Waals surface area contributed by atoms with Crippen molar-refractivity contribution in [1.29, 1.82) is 5.26 Å². The van der Waals surface area contributed by atoms with Gasteiger partial charge in [-0.3, -0.25) is 0 Å². The summed E-state index contributed by atoms with van der Waals surface area (Å²) in [7, 11) is 0. The Morgan fingerprint density at radius 2 is 1.91 bits per heavy atom. The first kappa shape index (κ1) is 16.1. The van der Waals surface area contributed by atoms with Crippen molar-refractivity contribution in [2.45, 2.75) is 25.0 Å². The lowest BCUT2D eigenvalue weighted by molar-refractivity contribution is 0.0330. The van der Waals surface area contributed by atoms with Gasteiger partial charge < -0.3 is 10.0 Å². The SMILES string of the molecule is C[C@@H]1N(c2ccc(C#N)c(Cl)c2)CC[C@@]1(O)c1ccc(Cl)cc1. The normalized spacial score (nSPS) is 23.8. The first-order valence-corrected chi connectivity index (χ1v) is 8.16. The first-order chi connectivity index (χ1) is 11.0. The van der Waals surface area contributed by atoms with Gasteiger partial charge in [-0.15, -0.1) is 0 Å². The summed E-state index contributed by atoms with van der Waals surface area (Å²) in [4.78, 5) is 2.11. The fourth-order valence-electron chi connectivity index (χ4n) is 3.20. The molecule has 2 atom stereocenters. The third-order valence-electron chi connectivity index (χ3n) is 4.64. The molecule has 1 aliphatic heterocycles. The molecule has 3 nitrogen and oxygen atoms in total. The Balaban J connectivity index is 1.92. The van der Waals surface area contributed by atoms with Crippen molar-refractivity contribution in [2.24, 2.45) is 0 Å². The molecule has 0 amide bonds. The van der Waals surface area contributed by atoms with Crippen LogP contribution in [-0.4, -0.2) is 17.7 Å². The predicted molar refractivity (Wildman–Crippen MR) is 92.9 cm³/mol. The molecule has 0 unspecified atom stereocenters. The number of nitrogens with zero attached hydrogens (tertiary/aromatic N) is 2. The second kappa shape index (κ2) is 6.05. The number of benzene rings is 2. The lowest BCUT2D eigenvalue weighted by Gasteiger charge is -2.33. The molecule has 118 valence electrons. The molecular weight excluding hydrogens is 331 g/mol. The molecule has 0 aliphatic carbocycles. The zero-order chi connectivity index (χ0) is 16.6. The molecule has 0 saturated carbocycles. The van der Waals surface area contributed by atoms with Crippen molar-refractivity contribution in [3.05, 3.63) is 63.6 Å². The van der Waals surface area contributed by atoms with Crippen LogP contribution in [0.15, 0.2) is 42.5 Å². The summed E-state index contributed by atoms with van der Waals surface area (Å²) in [6.07, 6.45) is 0.618. The molecule has 0 radical (unpaired) electrons. The molecule has 23 heavy (non-hydrogen) atoms. The van der Waals surface area contributed by atoms with E-state index in [1.165, 1.54) is 0 Å². The number of rotatable bonds is 2. The third-order valence-corrected chi connectivity index (χ3v) is 5.21. The number of nitriles is 1. The van der Waals surface area contributed by atoms with E-state index in [0.717, 1.165) is 11.3 Å². The molecule has 2 aromatic rings. The van der Waals surface area contributed by atoms with E-state index in [-0.39, 0.29) is 6.04 Å². The largest absolute Gasteiger partial charge is 0.383 e. The van der Waals surface area contributed by atoms with Crippen LogP contribution in [0, 0.1) is 11.3 Å². The summed E-state index contributed by atoms with van der Waals surface area (Å²) in [6.45, 7) is 2.70. The number of aliphatic hydroxyl groups is 1. The van der Waals surface area contributed by atoms with Crippen LogP contribution in [0.4, 0.5) is 5.69 Å². The van der Waals surface area contributed by atoms with Gasteiger partial charge in [0.1, 0.15) is 11.7 Å². The Bertz CT molecular complexity index is 770. The zero-order valence-electron chi connectivity index (χ0n) is 12.6. The Morgan fingerprint density at radius 3 is 2.52 bits per heavy atom. The van der Waals surface area contributed by atoms with E-state index in [2.05, 4.69) is 11.0 Å². The maximum absolute atomic E-state index is 11.2. The van der Waals surface area contributed by atoms with Gasteiger partial charge in [-0.05, 0) is 49.2 Å². The molecule has 1 fully saturated rings. The van der Waals surface area contributed by atoms with Crippen molar-refractivity contribution >= 4 is 28.9 Å². The lowest BCUT2D eigenvalue weighted by Crippen LogP contribution is -2.40. The van der Waals surface area contributed by atoms with E-state index in [1.807, 2.05) is 25.1 Å². The van der Waals surface area contributed by atoms with Gasteiger partial charge in [0.05, 0.1) is 16.6 Å². The highest BCUT2D eigenvalue weighted by Crippen LogP contribution is 2.41. The molecule has 5 heteroatoms. The van der Waals surface area contributed by atoms with Crippen LogP contribution in [0.25, 0.3) is 0 Å². The van der Waals surface area contributed by atoms with Crippen LogP contribution in [0.2, 0.25) is 10.0 Å². The van der Waals surface area contributed by atoms with Gasteiger partial charge in [0, 0.05) is 17.3 Å². The van der Waals surface area contributed by atoms with Gasteiger partial charge in [0.2, 0.25) is 0 Å². The topological polar surface area (TPSA) is 47.3 Å². The van der Waals surface area contributed by atoms with Crippen LogP contribution in [-0.2, 0) is 5.60 Å². The Morgan fingerprint density at radius 1 is 1.22 bits per heavy atom. The van der Waals surface area contributed by atoms with E-state index in [9.17, 15) is 5.11 Å². The smallest absolute Gasteiger partial charge is 0.111 e. The minimum Gasteiger partial charge on any atom is -0.383 e. The molecule has 1 saturated heterocycles. The number of hydrogen-bond donors (Lipinski definition) is 1. The predicted octanol–water partition coefficient (Wildman–Crippen LogP) is 4.35. The standard InChI is InChI=1S/C18H16Cl2N2O/c1-12-18(23,14-3-5-15(19)6-4-14)8-9-22(12)16-7-2-13(11-21)17(20)10-16/h2-7,10,12,23H,8-9H2,1H3/t12-,18-/m0/s1. The number of halogens is 2. The average Bonchev–Trinajstić information content (AvgIpc) is 2.85. The molecular formula is C18H16Cl2N2O. The molecule has 0 spiro atoms. The summed E-state index contributed by atoms with van der Waals surface area (Å²) in [5, 5.41) is 21.2. The molecule has 1 N–H and O–H groups in total. The van der Waals surface area contributed by atoms with Crippen LogP contribution in [0.1, 0.15) is 24.5 Å². The molecule has 3 rings (SSSR count). The van der Waals surface area contributed by atoms with Gasteiger partial charge in [0.25, 0.3) is 0 Å². The lowest BCUT2D eigenvalue weighted by atomic mass is 9.87. The molecule has 1 aliphatic rings. The van der Waals surface area contributed by atoms with Crippen molar-refractivity contribution < 1.29 is 5.11 Å². The number of hydrogen-bond acceptors (Lipinski definition) is 3. The first-order valence-electron chi connectivity index (χ1n) is 7.40. The van der Waals surface area contributed by atoms with Gasteiger partial charge in [-0.1, -0.05) is 35.3 Å². The van der Waals surface area contributed by atoms with Crippen LogP contribution in [0.5, 0.6) is 0 Å². The summed E-state index contributed by atoms with van der Waals surface area (Å²) in [5.41, 5.74) is 1.28. The summed E-state index contributed by atoms with van der Waals surface area (Å²) >= 11 is 12.1.